The molecule has 0 atom stereocenters. The minimum atomic E-state index is -0.487. The Morgan fingerprint density at radius 1 is 0.853 bits per heavy atom. The summed E-state index contributed by atoms with van der Waals surface area (Å²) >= 11 is 0. The lowest BCUT2D eigenvalue weighted by molar-refractivity contribution is 0.0600. The molecule has 1 aromatic heterocycles. The average Bonchev–Trinajstić information content (AvgIpc) is 3.34. The van der Waals surface area contributed by atoms with Crippen molar-refractivity contribution < 1.29 is 23.8 Å². The third-order valence-electron chi connectivity index (χ3n) is 5.18. The highest BCUT2D eigenvalue weighted by Crippen LogP contribution is 2.33. The molecule has 8 nitrogen and oxygen atoms in total. The number of para-hydroxylation sites is 1. The number of carbonyl (C=O) groups is 2. The first-order valence-electron chi connectivity index (χ1n) is 10.4. The summed E-state index contributed by atoms with van der Waals surface area (Å²) in [7, 11) is 4.41. The van der Waals surface area contributed by atoms with E-state index >= 15 is 0 Å². The second kappa shape index (κ2) is 9.91. The van der Waals surface area contributed by atoms with Crippen molar-refractivity contribution in [1.82, 2.24) is 9.78 Å². The molecule has 0 aliphatic carbocycles. The molecule has 0 aliphatic heterocycles. The van der Waals surface area contributed by atoms with Crippen LogP contribution in [0.5, 0.6) is 11.5 Å². The number of methoxy groups -OCH3 is 3. The van der Waals surface area contributed by atoms with Crippen molar-refractivity contribution in [2.75, 3.05) is 26.6 Å². The van der Waals surface area contributed by atoms with Gasteiger partial charge in [0, 0.05) is 17.4 Å². The fraction of sp³-hybridized carbons (Fsp3) is 0.115. The summed E-state index contributed by atoms with van der Waals surface area (Å²) in [4.78, 5) is 25.2. The lowest BCUT2D eigenvalue weighted by atomic mass is 10.1. The molecule has 0 radical (unpaired) electrons. The molecule has 0 saturated carbocycles. The zero-order valence-corrected chi connectivity index (χ0v) is 18.9. The van der Waals surface area contributed by atoms with E-state index in [4.69, 9.17) is 14.2 Å². The number of rotatable bonds is 7. The SMILES string of the molecule is COC(=O)c1cccc(NC(=O)c2cn(-c3ccccc3)nc2-c2ccc(OC)c(OC)c2)c1. The maximum atomic E-state index is 13.3. The molecule has 0 aliphatic rings. The molecule has 172 valence electrons. The van der Waals surface area contributed by atoms with Crippen LogP contribution in [0.3, 0.4) is 0 Å². The van der Waals surface area contributed by atoms with Crippen LogP contribution in [0.2, 0.25) is 0 Å². The van der Waals surface area contributed by atoms with Gasteiger partial charge in [-0.2, -0.15) is 5.10 Å². The Morgan fingerprint density at radius 3 is 2.32 bits per heavy atom. The van der Waals surface area contributed by atoms with Gasteiger partial charge in [-0.15, -0.1) is 0 Å². The number of amides is 1. The number of hydrogen-bond donors (Lipinski definition) is 1. The molecule has 4 rings (SSSR count). The lowest BCUT2D eigenvalue weighted by Gasteiger charge is -2.10. The maximum Gasteiger partial charge on any atom is 0.337 e. The highest BCUT2D eigenvalue weighted by Gasteiger charge is 2.21. The van der Waals surface area contributed by atoms with Crippen molar-refractivity contribution in [3.8, 4) is 28.4 Å². The van der Waals surface area contributed by atoms with Gasteiger partial charge in [0.15, 0.2) is 11.5 Å². The third-order valence-corrected chi connectivity index (χ3v) is 5.18. The summed E-state index contributed by atoms with van der Waals surface area (Å²) in [5.41, 5.74) is 3.08. The molecule has 3 aromatic carbocycles. The Morgan fingerprint density at radius 2 is 1.62 bits per heavy atom. The van der Waals surface area contributed by atoms with Crippen molar-refractivity contribution in [3.05, 3.63) is 90.1 Å². The van der Waals surface area contributed by atoms with E-state index in [1.54, 1.807) is 61.5 Å². The molecule has 1 N–H and O–H groups in total. The molecule has 8 heteroatoms. The quantitative estimate of drug-likeness (QED) is 0.408. The Bertz CT molecular complexity index is 1330. The van der Waals surface area contributed by atoms with Gasteiger partial charge in [-0.1, -0.05) is 24.3 Å². The maximum absolute atomic E-state index is 13.3. The largest absolute Gasteiger partial charge is 0.493 e. The van der Waals surface area contributed by atoms with Crippen LogP contribution in [-0.2, 0) is 4.74 Å². The minimum absolute atomic E-state index is 0.334. The summed E-state index contributed by atoms with van der Waals surface area (Å²) in [6.45, 7) is 0. The molecule has 0 unspecified atom stereocenters. The van der Waals surface area contributed by atoms with Crippen LogP contribution in [0.25, 0.3) is 16.9 Å². The molecule has 1 amide bonds. The predicted molar refractivity (Wildman–Crippen MR) is 128 cm³/mol. The molecule has 0 fully saturated rings. The normalized spacial score (nSPS) is 10.4. The zero-order chi connectivity index (χ0) is 24.1. The predicted octanol–water partition coefficient (Wildman–Crippen LogP) is 4.60. The first-order chi connectivity index (χ1) is 16.5. The lowest BCUT2D eigenvalue weighted by Crippen LogP contribution is -2.13. The summed E-state index contributed by atoms with van der Waals surface area (Å²) < 4.78 is 17.2. The van der Waals surface area contributed by atoms with Crippen LogP contribution in [-0.4, -0.2) is 43.0 Å². The van der Waals surface area contributed by atoms with Crippen molar-refractivity contribution in [2.24, 2.45) is 0 Å². The van der Waals surface area contributed by atoms with Gasteiger partial charge >= 0.3 is 5.97 Å². The first kappa shape index (κ1) is 22.6. The van der Waals surface area contributed by atoms with Crippen LogP contribution in [0.15, 0.2) is 79.0 Å². The van der Waals surface area contributed by atoms with Crippen LogP contribution < -0.4 is 14.8 Å². The standard InChI is InChI=1S/C26H23N3O5/c1-32-22-13-12-17(15-23(22)33-2)24-21(16-29(28-24)20-10-5-4-6-11-20)25(30)27-19-9-7-8-18(14-19)26(31)34-3/h4-16H,1-3H3,(H,27,30). The van der Waals surface area contributed by atoms with Gasteiger partial charge in [-0.25, -0.2) is 9.48 Å². The highest BCUT2D eigenvalue weighted by atomic mass is 16.5. The molecule has 0 spiro atoms. The van der Waals surface area contributed by atoms with Gasteiger partial charge in [-0.3, -0.25) is 4.79 Å². The second-order valence-corrected chi connectivity index (χ2v) is 7.27. The fourth-order valence-corrected chi connectivity index (χ4v) is 3.49. The van der Waals surface area contributed by atoms with Gasteiger partial charge in [0.25, 0.3) is 5.91 Å². The molecule has 34 heavy (non-hydrogen) atoms. The second-order valence-electron chi connectivity index (χ2n) is 7.27. The Balaban J connectivity index is 1.76. The molecule has 1 heterocycles. The smallest absolute Gasteiger partial charge is 0.337 e. The summed E-state index contributed by atoms with van der Waals surface area (Å²) in [6.07, 6.45) is 1.67. The van der Waals surface area contributed by atoms with E-state index < -0.39 is 5.97 Å². The molecule has 4 aromatic rings. The van der Waals surface area contributed by atoms with Gasteiger partial charge in [0.2, 0.25) is 0 Å². The number of nitrogens with one attached hydrogen (secondary N) is 1. The van der Waals surface area contributed by atoms with Gasteiger partial charge < -0.3 is 19.5 Å². The Labute approximate surface area is 196 Å². The average molecular weight is 457 g/mol. The van der Waals surface area contributed by atoms with Gasteiger partial charge in [0.05, 0.1) is 38.1 Å². The molecular formula is C26H23N3O5. The number of carbonyl (C=O) groups excluding carboxylic acids is 2. The van der Waals surface area contributed by atoms with Crippen LogP contribution in [0.4, 0.5) is 5.69 Å². The summed E-state index contributed by atoms with van der Waals surface area (Å²) in [5.74, 6) is 0.221. The molecular weight excluding hydrogens is 434 g/mol. The summed E-state index contributed by atoms with van der Waals surface area (Å²) in [6, 6.07) is 21.4. The minimum Gasteiger partial charge on any atom is -0.493 e. The monoisotopic (exact) mass is 457 g/mol. The molecule has 0 bridgehead atoms. The van der Waals surface area contributed by atoms with E-state index in [2.05, 4.69) is 10.4 Å². The topological polar surface area (TPSA) is 91.7 Å². The van der Waals surface area contributed by atoms with Gasteiger partial charge in [0.1, 0.15) is 5.69 Å². The number of esters is 1. The molecule has 0 saturated heterocycles. The van der Waals surface area contributed by atoms with E-state index in [1.165, 1.54) is 7.11 Å². The van der Waals surface area contributed by atoms with Crippen molar-refractivity contribution in [1.29, 1.82) is 0 Å². The van der Waals surface area contributed by atoms with Crippen molar-refractivity contribution in [2.45, 2.75) is 0 Å². The third kappa shape index (κ3) is 4.61. The van der Waals surface area contributed by atoms with E-state index in [1.807, 2.05) is 36.4 Å². The first-order valence-corrected chi connectivity index (χ1v) is 10.4. The number of aromatic nitrogens is 2. The van der Waals surface area contributed by atoms with E-state index in [0.717, 1.165) is 5.69 Å². The van der Waals surface area contributed by atoms with Gasteiger partial charge in [-0.05, 0) is 48.5 Å². The Kier molecular flexibility index (Phi) is 6.59. The number of nitrogens with zero attached hydrogens (tertiary/aromatic N) is 2. The number of ether oxygens (including phenoxy) is 3. The van der Waals surface area contributed by atoms with Crippen LogP contribution in [0.1, 0.15) is 20.7 Å². The number of anilines is 1. The van der Waals surface area contributed by atoms with Crippen LogP contribution in [0, 0.1) is 0 Å². The van der Waals surface area contributed by atoms with Crippen LogP contribution >= 0.6 is 0 Å². The van der Waals surface area contributed by atoms with E-state index in [0.29, 0.717) is 39.6 Å². The highest BCUT2D eigenvalue weighted by molar-refractivity contribution is 6.08. The van der Waals surface area contributed by atoms with E-state index in [-0.39, 0.29) is 5.91 Å². The summed E-state index contributed by atoms with van der Waals surface area (Å²) in [5, 5.41) is 7.54. The zero-order valence-electron chi connectivity index (χ0n) is 18.9. The van der Waals surface area contributed by atoms with Crippen molar-refractivity contribution >= 4 is 17.6 Å². The van der Waals surface area contributed by atoms with Crippen molar-refractivity contribution in [3.63, 3.8) is 0 Å². The Hall–Kier alpha value is -4.59. The van der Waals surface area contributed by atoms with E-state index in [9.17, 15) is 9.59 Å². The number of benzene rings is 3. The number of hydrogen-bond acceptors (Lipinski definition) is 6. The fourth-order valence-electron chi connectivity index (χ4n) is 3.49.